The van der Waals surface area contributed by atoms with E-state index in [1.54, 1.807) is 30.3 Å². The number of carbonyl (C=O) groups excluding carboxylic acids is 2. The summed E-state index contributed by atoms with van der Waals surface area (Å²) >= 11 is 0. The van der Waals surface area contributed by atoms with Crippen molar-refractivity contribution >= 4 is 29.2 Å². The van der Waals surface area contributed by atoms with Crippen LogP contribution in [0.3, 0.4) is 0 Å². The number of hydrogen-bond donors (Lipinski definition) is 3. The van der Waals surface area contributed by atoms with Crippen molar-refractivity contribution in [1.82, 2.24) is 0 Å². The van der Waals surface area contributed by atoms with Gasteiger partial charge in [-0.2, -0.15) is 0 Å². The van der Waals surface area contributed by atoms with E-state index in [0.717, 1.165) is 6.42 Å². The molecule has 0 bridgehead atoms. The summed E-state index contributed by atoms with van der Waals surface area (Å²) in [6, 6.07) is 6.85. The summed E-state index contributed by atoms with van der Waals surface area (Å²) in [7, 11) is 0. The van der Waals surface area contributed by atoms with Gasteiger partial charge in [0.1, 0.15) is 0 Å². The monoisotopic (exact) mass is 330 g/mol. The van der Waals surface area contributed by atoms with Crippen molar-refractivity contribution < 1.29 is 19.5 Å². The summed E-state index contributed by atoms with van der Waals surface area (Å²) in [5.41, 5.74) is 1.14. The molecule has 0 fully saturated rings. The van der Waals surface area contributed by atoms with Crippen LogP contribution < -0.4 is 10.6 Å². The summed E-state index contributed by atoms with van der Waals surface area (Å²) in [5.74, 6) is -2.65. The molecular formula is C18H22N2O4. The maximum Gasteiger partial charge on any atom is 0.307 e. The van der Waals surface area contributed by atoms with Crippen molar-refractivity contribution in [2.45, 2.75) is 32.6 Å². The minimum atomic E-state index is -0.958. The van der Waals surface area contributed by atoms with E-state index >= 15 is 0 Å². The zero-order valence-electron chi connectivity index (χ0n) is 13.6. The van der Waals surface area contributed by atoms with Gasteiger partial charge in [-0.05, 0) is 37.5 Å². The predicted octanol–water partition coefficient (Wildman–Crippen LogP) is 3.03. The maximum atomic E-state index is 12.4. The van der Waals surface area contributed by atoms with Gasteiger partial charge in [0.15, 0.2) is 0 Å². The third-order valence-corrected chi connectivity index (χ3v) is 3.98. The Labute approximate surface area is 140 Å². The largest absolute Gasteiger partial charge is 0.481 e. The molecule has 0 heterocycles. The molecule has 128 valence electrons. The molecule has 1 aliphatic carbocycles. The second-order valence-electron chi connectivity index (χ2n) is 5.86. The van der Waals surface area contributed by atoms with Crippen molar-refractivity contribution in [2.24, 2.45) is 11.8 Å². The van der Waals surface area contributed by atoms with Crippen molar-refractivity contribution in [3.8, 4) is 0 Å². The molecule has 0 spiro atoms. The maximum absolute atomic E-state index is 12.4. The van der Waals surface area contributed by atoms with Gasteiger partial charge in [-0.15, -0.1) is 0 Å². The topological polar surface area (TPSA) is 95.5 Å². The first-order valence-electron chi connectivity index (χ1n) is 8.10. The first-order chi connectivity index (χ1) is 11.5. The first-order valence-corrected chi connectivity index (χ1v) is 8.10. The number of carboxylic acids is 1. The van der Waals surface area contributed by atoms with Crippen molar-refractivity contribution in [3.63, 3.8) is 0 Å². The Morgan fingerprint density at radius 3 is 2.33 bits per heavy atom. The SMILES string of the molecule is CCCC(=O)Nc1cccc(NC(=O)[C@H]2CC=CC[C@H]2C(=O)O)c1. The van der Waals surface area contributed by atoms with Gasteiger partial charge in [0.05, 0.1) is 11.8 Å². The van der Waals surface area contributed by atoms with Crippen molar-refractivity contribution in [3.05, 3.63) is 36.4 Å². The summed E-state index contributed by atoms with van der Waals surface area (Å²) in [4.78, 5) is 35.4. The quantitative estimate of drug-likeness (QED) is 0.699. The number of hydrogen-bond acceptors (Lipinski definition) is 3. The highest BCUT2D eigenvalue weighted by molar-refractivity contribution is 5.96. The van der Waals surface area contributed by atoms with Crippen LogP contribution in [0.2, 0.25) is 0 Å². The van der Waals surface area contributed by atoms with E-state index in [-0.39, 0.29) is 11.8 Å². The second-order valence-corrected chi connectivity index (χ2v) is 5.86. The molecule has 0 saturated heterocycles. The third-order valence-electron chi connectivity index (χ3n) is 3.98. The fraction of sp³-hybridized carbons (Fsp3) is 0.389. The molecule has 0 saturated carbocycles. The van der Waals surface area contributed by atoms with Crippen molar-refractivity contribution in [2.75, 3.05) is 10.6 Å². The van der Waals surface area contributed by atoms with Gasteiger partial charge in [0, 0.05) is 17.8 Å². The van der Waals surface area contributed by atoms with Gasteiger partial charge < -0.3 is 15.7 Å². The van der Waals surface area contributed by atoms with Gasteiger partial charge in [-0.25, -0.2) is 0 Å². The second kappa shape index (κ2) is 8.29. The molecular weight excluding hydrogens is 308 g/mol. The van der Waals surface area contributed by atoms with Crippen LogP contribution in [0.5, 0.6) is 0 Å². The van der Waals surface area contributed by atoms with Crippen LogP contribution in [-0.2, 0) is 14.4 Å². The van der Waals surface area contributed by atoms with Crippen LogP contribution >= 0.6 is 0 Å². The van der Waals surface area contributed by atoms with E-state index < -0.39 is 17.8 Å². The fourth-order valence-corrected chi connectivity index (χ4v) is 2.74. The lowest BCUT2D eigenvalue weighted by Crippen LogP contribution is -2.34. The van der Waals surface area contributed by atoms with Gasteiger partial charge in [-0.1, -0.05) is 25.1 Å². The van der Waals surface area contributed by atoms with E-state index in [1.807, 2.05) is 13.0 Å². The van der Waals surface area contributed by atoms with Crippen LogP contribution in [-0.4, -0.2) is 22.9 Å². The molecule has 2 atom stereocenters. The molecule has 2 rings (SSSR count). The number of carboxylic acid groups (broad SMARTS) is 1. The molecule has 1 aromatic carbocycles. The highest BCUT2D eigenvalue weighted by Crippen LogP contribution is 2.27. The Morgan fingerprint density at radius 1 is 1.08 bits per heavy atom. The standard InChI is InChI=1S/C18H22N2O4/c1-2-6-16(21)19-12-7-5-8-13(11-12)20-17(22)14-9-3-4-10-15(14)18(23)24/h3-5,7-8,11,14-15H,2,6,9-10H2,1H3,(H,19,21)(H,20,22)(H,23,24)/t14-,15+/m0/s1. The number of allylic oxidation sites excluding steroid dienone is 2. The van der Waals surface area contributed by atoms with E-state index in [2.05, 4.69) is 10.6 Å². The van der Waals surface area contributed by atoms with Gasteiger partial charge in [0.25, 0.3) is 0 Å². The molecule has 1 aromatic rings. The molecule has 24 heavy (non-hydrogen) atoms. The van der Waals surface area contributed by atoms with Crippen LogP contribution in [0.4, 0.5) is 11.4 Å². The lowest BCUT2D eigenvalue weighted by atomic mass is 9.82. The van der Waals surface area contributed by atoms with Gasteiger partial charge in [-0.3, -0.25) is 14.4 Å². The third kappa shape index (κ3) is 4.68. The number of aliphatic carboxylic acids is 1. The molecule has 0 aromatic heterocycles. The average Bonchev–Trinajstić information content (AvgIpc) is 2.55. The number of carbonyl (C=O) groups is 3. The molecule has 0 unspecified atom stereocenters. The zero-order chi connectivity index (χ0) is 17.5. The molecule has 0 radical (unpaired) electrons. The zero-order valence-corrected chi connectivity index (χ0v) is 13.6. The number of benzene rings is 1. The highest BCUT2D eigenvalue weighted by atomic mass is 16.4. The van der Waals surface area contributed by atoms with Crippen LogP contribution in [0, 0.1) is 11.8 Å². The van der Waals surface area contributed by atoms with E-state index in [1.165, 1.54) is 0 Å². The average molecular weight is 330 g/mol. The summed E-state index contributed by atoms with van der Waals surface area (Å²) < 4.78 is 0. The minimum Gasteiger partial charge on any atom is -0.481 e. The van der Waals surface area contributed by atoms with Crippen LogP contribution in [0.1, 0.15) is 32.6 Å². The van der Waals surface area contributed by atoms with E-state index in [4.69, 9.17) is 0 Å². The van der Waals surface area contributed by atoms with E-state index in [0.29, 0.717) is 30.6 Å². The fourth-order valence-electron chi connectivity index (χ4n) is 2.74. The number of amides is 2. The van der Waals surface area contributed by atoms with Gasteiger partial charge in [0.2, 0.25) is 11.8 Å². The predicted molar refractivity (Wildman–Crippen MR) is 91.6 cm³/mol. The van der Waals surface area contributed by atoms with Crippen LogP contribution in [0.15, 0.2) is 36.4 Å². The first kappa shape index (κ1) is 17.7. The Balaban J connectivity index is 2.04. The molecule has 3 N–H and O–H groups in total. The summed E-state index contributed by atoms with van der Waals surface area (Å²) in [6.45, 7) is 1.92. The smallest absolute Gasteiger partial charge is 0.307 e. The molecule has 1 aliphatic rings. The summed E-state index contributed by atoms with van der Waals surface area (Å²) in [6.07, 6.45) is 5.60. The minimum absolute atomic E-state index is 0.0793. The Morgan fingerprint density at radius 2 is 1.71 bits per heavy atom. The lowest BCUT2D eigenvalue weighted by Gasteiger charge is -2.24. The normalized spacial score (nSPS) is 19.5. The van der Waals surface area contributed by atoms with Crippen LogP contribution in [0.25, 0.3) is 0 Å². The Bertz CT molecular complexity index is 654. The number of nitrogens with one attached hydrogen (secondary N) is 2. The molecule has 0 aliphatic heterocycles. The highest BCUT2D eigenvalue weighted by Gasteiger charge is 2.33. The molecule has 6 nitrogen and oxygen atoms in total. The van der Waals surface area contributed by atoms with E-state index in [9.17, 15) is 19.5 Å². The molecule has 6 heteroatoms. The number of rotatable bonds is 6. The van der Waals surface area contributed by atoms with Crippen molar-refractivity contribution in [1.29, 1.82) is 0 Å². The Kier molecular flexibility index (Phi) is 6.12. The summed E-state index contributed by atoms with van der Waals surface area (Å²) in [5, 5.41) is 14.8. The number of anilines is 2. The molecule has 2 amide bonds. The van der Waals surface area contributed by atoms with Gasteiger partial charge >= 0.3 is 5.97 Å². The Hall–Kier alpha value is -2.63. The lowest BCUT2D eigenvalue weighted by molar-refractivity contribution is -0.146.